The molecule has 152 valence electrons. The first-order chi connectivity index (χ1) is 15.2. The van der Waals surface area contributed by atoms with Gasteiger partial charge in [-0.05, 0) is 49.7 Å². The van der Waals surface area contributed by atoms with Crippen LogP contribution in [-0.2, 0) is 0 Å². The van der Waals surface area contributed by atoms with Gasteiger partial charge in [0, 0.05) is 18.1 Å². The van der Waals surface area contributed by atoms with Gasteiger partial charge in [-0.2, -0.15) is 0 Å². The third-order valence-corrected chi connectivity index (χ3v) is 5.20. The Balaban J connectivity index is 1.60. The Morgan fingerprint density at radius 2 is 1.65 bits per heavy atom. The summed E-state index contributed by atoms with van der Waals surface area (Å²) in [6, 6.07) is 24.2. The SMILES string of the molecule is Cc1cccc(-c2nc3ccccn3c2-c2ccnc(N[C@H](C)c3ccccc3)n2)n1. The quantitative estimate of drug-likeness (QED) is 0.427. The lowest BCUT2D eigenvalue weighted by Crippen LogP contribution is -2.09. The number of aryl methyl sites for hydroxylation is 1. The predicted molar refractivity (Wildman–Crippen MR) is 123 cm³/mol. The average Bonchev–Trinajstić information content (AvgIpc) is 3.19. The number of pyridine rings is 2. The summed E-state index contributed by atoms with van der Waals surface area (Å²) in [7, 11) is 0. The fourth-order valence-electron chi connectivity index (χ4n) is 3.67. The molecule has 0 amide bonds. The monoisotopic (exact) mass is 406 g/mol. The lowest BCUT2D eigenvalue weighted by atomic mass is 10.1. The molecule has 31 heavy (non-hydrogen) atoms. The van der Waals surface area contributed by atoms with Gasteiger partial charge in [0.2, 0.25) is 5.95 Å². The smallest absolute Gasteiger partial charge is 0.223 e. The number of fused-ring (bicyclic) bond motifs is 1. The minimum Gasteiger partial charge on any atom is -0.348 e. The number of imidazole rings is 1. The molecule has 0 aliphatic rings. The molecule has 4 aromatic heterocycles. The zero-order chi connectivity index (χ0) is 21.2. The van der Waals surface area contributed by atoms with Gasteiger partial charge in [0.15, 0.2) is 0 Å². The van der Waals surface area contributed by atoms with Crippen molar-refractivity contribution in [1.82, 2.24) is 24.3 Å². The van der Waals surface area contributed by atoms with E-state index in [4.69, 9.17) is 15.0 Å². The molecule has 0 aliphatic heterocycles. The highest BCUT2D eigenvalue weighted by molar-refractivity contribution is 5.79. The first-order valence-electron chi connectivity index (χ1n) is 10.2. The molecule has 4 heterocycles. The van der Waals surface area contributed by atoms with Crippen LogP contribution in [0.3, 0.4) is 0 Å². The van der Waals surface area contributed by atoms with Crippen molar-refractivity contribution in [1.29, 1.82) is 0 Å². The Labute approximate surface area is 180 Å². The third kappa shape index (κ3) is 3.75. The van der Waals surface area contributed by atoms with E-state index in [9.17, 15) is 0 Å². The highest BCUT2D eigenvalue weighted by atomic mass is 15.1. The summed E-state index contributed by atoms with van der Waals surface area (Å²) in [6.07, 6.45) is 3.77. The Morgan fingerprint density at radius 3 is 2.48 bits per heavy atom. The molecule has 0 spiro atoms. The van der Waals surface area contributed by atoms with Gasteiger partial charge in [-0.25, -0.2) is 15.0 Å². The van der Waals surface area contributed by atoms with Gasteiger partial charge in [0.1, 0.15) is 17.0 Å². The molecule has 0 unspecified atom stereocenters. The lowest BCUT2D eigenvalue weighted by Gasteiger charge is -2.14. The maximum absolute atomic E-state index is 4.86. The molecule has 6 heteroatoms. The van der Waals surface area contributed by atoms with E-state index in [-0.39, 0.29) is 6.04 Å². The first kappa shape index (κ1) is 18.9. The van der Waals surface area contributed by atoms with Crippen LogP contribution in [0.15, 0.2) is 85.2 Å². The minimum absolute atomic E-state index is 0.0801. The molecule has 0 saturated heterocycles. The van der Waals surface area contributed by atoms with Crippen LogP contribution in [0.25, 0.3) is 28.4 Å². The summed E-state index contributed by atoms with van der Waals surface area (Å²) in [5.41, 5.74) is 6.28. The van der Waals surface area contributed by atoms with Crippen LogP contribution in [0.5, 0.6) is 0 Å². The standard InChI is InChI=1S/C25H22N6/c1-17-9-8-12-20(27-17)23-24(31-16-7-6-13-22(31)30-23)21-14-15-26-25(29-21)28-18(2)19-10-4-3-5-11-19/h3-16,18H,1-2H3,(H,26,28,29)/t18-/m1/s1. The number of rotatable bonds is 5. The molecule has 0 aliphatic carbocycles. The lowest BCUT2D eigenvalue weighted by molar-refractivity contribution is 0.861. The third-order valence-electron chi connectivity index (χ3n) is 5.20. The first-order valence-corrected chi connectivity index (χ1v) is 10.2. The molecule has 5 rings (SSSR count). The summed E-state index contributed by atoms with van der Waals surface area (Å²) in [6.45, 7) is 4.08. The predicted octanol–water partition coefficient (Wildman–Crippen LogP) is 5.33. The van der Waals surface area contributed by atoms with E-state index in [0.29, 0.717) is 5.95 Å². The number of benzene rings is 1. The molecule has 1 N–H and O–H groups in total. The molecule has 6 nitrogen and oxygen atoms in total. The number of aromatic nitrogens is 5. The van der Waals surface area contributed by atoms with Gasteiger partial charge >= 0.3 is 0 Å². The van der Waals surface area contributed by atoms with Crippen molar-refractivity contribution in [2.75, 3.05) is 5.32 Å². The molecule has 0 bridgehead atoms. The number of nitrogens with one attached hydrogen (secondary N) is 1. The van der Waals surface area contributed by atoms with E-state index in [2.05, 4.69) is 29.4 Å². The summed E-state index contributed by atoms with van der Waals surface area (Å²) in [5, 5.41) is 3.41. The Morgan fingerprint density at radius 1 is 0.806 bits per heavy atom. The van der Waals surface area contributed by atoms with Gasteiger partial charge in [-0.3, -0.25) is 9.38 Å². The largest absolute Gasteiger partial charge is 0.348 e. The van der Waals surface area contributed by atoms with Crippen molar-refractivity contribution in [3.63, 3.8) is 0 Å². The second kappa shape index (κ2) is 7.99. The molecule has 1 aromatic carbocycles. The molecular weight excluding hydrogens is 384 g/mol. The van der Waals surface area contributed by atoms with Gasteiger partial charge in [0.25, 0.3) is 0 Å². The zero-order valence-electron chi connectivity index (χ0n) is 17.4. The summed E-state index contributed by atoms with van der Waals surface area (Å²) >= 11 is 0. The second-order valence-corrected chi connectivity index (χ2v) is 7.44. The van der Waals surface area contributed by atoms with E-state index in [1.807, 2.05) is 78.2 Å². The average molecular weight is 406 g/mol. The maximum Gasteiger partial charge on any atom is 0.223 e. The van der Waals surface area contributed by atoms with Crippen LogP contribution in [0.1, 0.15) is 24.2 Å². The van der Waals surface area contributed by atoms with E-state index in [1.54, 1.807) is 6.20 Å². The Kier molecular flexibility index (Phi) is 4.88. The molecule has 5 aromatic rings. The van der Waals surface area contributed by atoms with Crippen LogP contribution in [0.2, 0.25) is 0 Å². The van der Waals surface area contributed by atoms with Crippen molar-refractivity contribution in [2.45, 2.75) is 19.9 Å². The number of anilines is 1. The van der Waals surface area contributed by atoms with Gasteiger partial charge in [-0.1, -0.05) is 42.5 Å². The highest BCUT2D eigenvalue weighted by Gasteiger charge is 2.19. The number of nitrogens with zero attached hydrogens (tertiary/aromatic N) is 5. The van der Waals surface area contributed by atoms with Crippen LogP contribution < -0.4 is 5.32 Å². The fraction of sp³-hybridized carbons (Fsp3) is 0.120. The van der Waals surface area contributed by atoms with Crippen molar-refractivity contribution in [3.05, 3.63) is 96.4 Å². The van der Waals surface area contributed by atoms with E-state index < -0.39 is 0 Å². The van der Waals surface area contributed by atoms with Gasteiger partial charge in [-0.15, -0.1) is 0 Å². The van der Waals surface area contributed by atoms with E-state index in [1.165, 1.54) is 5.56 Å². The van der Waals surface area contributed by atoms with E-state index >= 15 is 0 Å². The fourth-order valence-corrected chi connectivity index (χ4v) is 3.67. The summed E-state index contributed by atoms with van der Waals surface area (Å²) < 4.78 is 2.05. The number of hydrogen-bond acceptors (Lipinski definition) is 5. The van der Waals surface area contributed by atoms with Crippen molar-refractivity contribution >= 4 is 11.6 Å². The molecular formula is C25H22N6. The maximum atomic E-state index is 4.86. The van der Waals surface area contributed by atoms with Crippen LogP contribution in [0, 0.1) is 6.92 Å². The minimum atomic E-state index is 0.0801. The molecule has 0 fully saturated rings. The van der Waals surface area contributed by atoms with Crippen molar-refractivity contribution < 1.29 is 0 Å². The summed E-state index contributed by atoms with van der Waals surface area (Å²) in [5.74, 6) is 0.572. The van der Waals surface area contributed by atoms with Gasteiger partial charge < -0.3 is 5.32 Å². The highest BCUT2D eigenvalue weighted by Crippen LogP contribution is 2.31. The Hall–Kier alpha value is -4.06. The van der Waals surface area contributed by atoms with Crippen LogP contribution in [-0.4, -0.2) is 24.3 Å². The molecule has 0 radical (unpaired) electrons. The summed E-state index contributed by atoms with van der Waals surface area (Å²) in [4.78, 5) is 18.8. The van der Waals surface area contributed by atoms with Crippen molar-refractivity contribution in [2.24, 2.45) is 0 Å². The number of hydrogen-bond donors (Lipinski definition) is 1. The zero-order valence-corrected chi connectivity index (χ0v) is 17.4. The topological polar surface area (TPSA) is 68.0 Å². The van der Waals surface area contributed by atoms with Crippen LogP contribution >= 0.6 is 0 Å². The normalized spacial score (nSPS) is 12.1. The van der Waals surface area contributed by atoms with E-state index in [0.717, 1.165) is 34.1 Å². The molecule has 1 atom stereocenters. The van der Waals surface area contributed by atoms with Crippen LogP contribution in [0.4, 0.5) is 5.95 Å². The van der Waals surface area contributed by atoms with Crippen molar-refractivity contribution in [3.8, 4) is 22.8 Å². The molecule has 0 saturated carbocycles. The second-order valence-electron chi connectivity index (χ2n) is 7.44. The Bertz CT molecular complexity index is 1340. The van der Waals surface area contributed by atoms with Gasteiger partial charge in [0.05, 0.1) is 17.4 Å².